The largest absolute Gasteiger partial charge is 0.549 e. The van der Waals surface area contributed by atoms with Gasteiger partial charge in [0.25, 0.3) is 0 Å². The summed E-state index contributed by atoms with van der Waals surface area (Å²) in [6.45, 7) is 2.19. The summed E-state index contributed by atoms with van der Waals surface area (Å²) in [5, 5.41) is 11.7. The molecule has 2 rings (SSSR count). The second-order valence-electron chi connectivity index (χ2n) is 6.92. The smallest absolute Gasteiger partial charge is 0.442 e. The maximum atomic E-state index is 14.2. The van der Waals surface area contributed by atoms with Crippen LogP contribution in [0, 0.1) is 40.0 Å². The Hall–Kier alpha value is -2.33. The van der Waals surface area contributed by atoms with Gasteiger partial charge in [0.1, 0.15) is 0 Å². The average Bonchev–Trinajstić information content (AvgIpc) is 3.04. The molecule has 1 fully saturated rings. The summed E-state index contributed by atoms with van der Waals surface area (Å²) in [7, 11) is 0.730. The van der Waals surface area contributed by atoms with Gasteiger partial charge in [0.05, 0.1) is 7.11 Å². The first-order chi connectivity index (χ1) is 12.6. The number of methoxy groups -OCH3 is 1. The van der Waals surface area contributed by atoms with E-state index in [1.807, 2.05) is 0 Å². The van der Waals surface area contributed by atoms with Crippen LogP contribution in [0.5, 0.6) is 5.75 Å². The highest BCUT2D eigenvalue weighted by Crippen LogP contribution is 2.71. The zero-order valence-electron chi connectivity index (χ0n) is 14.6. The topological polar surface area (TPSA) is 49.4 Å². The highest BCUT2D eigenvalue weighted by molar-refractivity contribution is 5.80. The van der Waals surface area contributed by atoms with Crippen molar-refractivity contribution in [3.8, 4) is 5.75 Å². The Morgan fingerprint density at radius 2 is 1.57 bits per heavy atom. The number of allylic oxidation sites excluding steroid dienone is 2. The van der Waals surface area contributed by atoms with Crippen molar-refractivity contribution in [3.63, 3.8) is 0 Å². The van der Waals surface area contributed by atoms with Crippen LogP contribution < -0.4 is 9.84 Å². The van der Waals surface area contributed by atoms with Crippen LogP contribution in [0.3, 0.4) is 0 Å². The maximum absolute atomic E-state index is 14.2. The van der Waals surface area contributed by atoms with E-state index in [4.69, 9.17) is 0 Å². The van der Waals surface area contributed by atoms with E-state index in [2.05, 4.69) is 4.74 Å². The summed E-state index contributed by atoms with van der Waals surface area (Å²) in [6.07, 6.45) is -6.73. The van der Waals surface area contributed by atoms with Crippen LogP contribution in [0.15, 0.2) is 11.9 Å². The van der Waals surface area contributed by atoms with Gasteiger partial charge in [0.2, 0.25) is 11.6 Å². The Kier molecular flexibility index (Phi) is 5.20. The van der Waals surface area contributed by atoms with Gasteiger partial charge in [-0.05, 0) is 23.8 Å². The number of hydrogen-bond acceptors (Lipinski definition) is 3. The number of aliphatic carboxylic acids is 1. The normalized spacial score (nSPS) is 24.2. The number of halogens is 8. The number of carbonyl (C=O) groups excluding carboxylic acids is 1. The minimum absolute atomic E-state index is 0.0398. The number of alkyl halides is 3. The van der Waals surface area contributed by atoms with Gasteiger partial charge in [-0.15, -0.1) is 0 Å². The van der Waals surface area contributed by atoms with Crippen molar-refractivity contribution in [3.05, 3.63) is 40.7 Å². The van der Waals surface area contributed by atoms with E-state index in [0.717, 1.165) is 21.0 Å². The van der Waals surface area contributed by atoms with E-state index in [0.29, 0.717) is 0 Å². The molecule has 1 saturated carbocycles. The second kappa shape index (κ2) is 6.63. The van der Waals surface area contributed by atoms with Crippen molar-refractivity contribution < 1.29 is 49.8 Å². The first-order valence-electron chi connectivity index (χ1n) is 7.69. The van der Waals surface area contributed by atoms with Gasteiger partial charge >= 0.3 is 6.18 Å². The molecule has 0 N–H and O–H groups in total. The quantitative estimate of drug-likeness (QED) is 0.544. The standard InChI is InChI=1S/C17H14F8O3/c1-15(2)7(4-8(18)17(23,24)25)16(15,14(26)27)5-6-9(19)11(21)13(28-3)12(22)10(6)20/h4,7H,5H2,1-3H3,(H,26,27)/p-1. The zero-order valence-corrected chi connectivity index (χ0v) is 14.6. The number of rotatable bonds is 5. The molecule has 11 heteroatoms. The predicted molar refractivity (Wildman–Crippen MR) is 76.5 cm³/mol. The lowest BCUT2D eigenvalue weighted by Crippen LogP contribution is -2.38. The second-order valence-corrected chi connectivity index (χ2v) is 6.92. The highest BCUT2D eigenvalue weighted by atomic mass is 19.4. The van der Waals surface area contributed by atoms with Crippen LogP contribution in [-0.2, 0) is 11.2 Å². The molecule has 0 bridgehead atoms. The molecule has 0 heterocycles. The maximum Gasteiger partial charge on any atom is 0.442 e. The summed E-state index contributed by atoms with van der Waals surface area (Å²) >= 11 is 0. The molecule has 2 atom stereocenters. The van der Waals surface area contributed by atoms with Crippen LogP contribution in [0.25, 0.3) is 0 Å². The predicted octanol–water partition coefficient (Wildman–Crippen LogP) is 3.60. The van der Waals surface area contributed by atoms with E-state index < -0.39 is 75.7 Å². The van der Waals surface area contributed by atoms with Crippen molar-refractivity contribution in [1.82, 2.24) is 0 Å². The first-order valence-corrected chi connectivity index (χ1v) is 7.69. The molecule has 1 aliphatic carbocycles. The SMILES string of the molecule is COc1c(F)c(F)c(CC2(C(=O)[O-])C(C=C(F)C(F)(F)F)C2(C)C)c(F)c1F. The van der Waals surface area contributed by atoms with Gasteiger partial charge in [0, 0.05) is 16.9 Å². The summed E-state index contributed by atoms with van der Waals surface area (Å²) in [6, 6.07) is 0. The first kappa shape index (κ1) is 22.0. The van der Waals surface area contributed by atoms with Gasteiger partial charge in [-0.3, -0.25) is 0 Å². The van der Waals surface area contributed by atoms with Crippen LogP contribution in [0.2, 0.25) is 0 Å². The Labute approximate surface area is 153 Å². The van der Waals surface area contributed by atoms with Gasteiger partial charge in [-0.25, -0.2) is 13.2 Å². The molecule has 0 spiro atoms. The Bertz CT molecular complexity index is 830. The van der Waals surface area contributed by atoms with Crippen molar-refractivity contribution in [2.24, 2.45) is 16.7 Å². The van der Waals surface area contributed by atoms with Crippen molar-refractivity contribution >= 4 is 5.97 Å². The van der Waals surface area contributed by atoms with Gasteiger partial charge in [-0.1, -0.05) is 13.8 Å². The Morgan fingerprint density at radius 1 is 1.11 bits per heavy atom. The molecule has 1 aliphatic rings. The molecular weight excluding hydrogens is 404 g/mol. The van der Waals surface area contributed by atoms with E-state index >= 15 is 0 Å². The fraction of sp³-hybridized carbons (Fsp3) is 0.471. The molecule has 0 saturated heterocycles. The lowest BCUT2D eigenvalue weighted by Gasteiger charge is -2.23. The van der Waals surface area contributed by atoms with Gasteiger partial charge in [0.15, 0.2) is 23.2 Å². The summed E-state index contributed by atoms with van der Waals surface area (Å²) in [5.41, 5.74) is -5.47. The number of carboxylic acids is 1. The molecular formula is C17H13F8O3-. The van der Waals surface area contributed by atoms with Crippen LogP contribution in [0.1, 0.15) is 19.4 Å². The zero-order chi connectivity index (χ0) is 21.8. The monoisotopic (exact) mass is 417 g/mol. The lowest BCUT2D eigenvalue weighted by molar-refractivity contribution is -0.315. The molecule has 0 amide bonds. The number of carboxylic acid groups (broad SMARTS) is 1. The molecule has 0 radical (unpaired) electrons. The van der Waals surface area contributed by atoms with Crippen molar-refractivity contribution in [1.29, 1.82) is 0 Å². The Balaban J connectivity index is 2.61. The van der Waals surface area contributed by atoms with Crippen LogP contribution in [-0.4, -0.2) is 19.3 Å². The fourth-order valence-electron chi connectivity index (χ4n) is 3.56. The highest BCUT2D eigenvalue weighted by Gasteiger charge is 2.71. The van der Waals surface area contributed by atoms with Crippen LogP contribution in [0.4, 0.5) is 35.1 Å². The summed E-state index contributed by atoms with van der Waals surface area (Å²) in [4.78, 5) is 11.7. The molecule has 1 aromatic rings. The number of ether oxygens (including phenoxy) is 1. The van der Waals surface area contributed by atoms with E-state index in [9.17, 15) is 45.0 Å². The van der Waals surface area contributed by atoms with E-state index in [1.54, 1.807) is 0 Å². The van der Waals surface area contributed by atoms with Gasteiger partial charge < -0.3 is 14.6 Å². The van der Waals surface area contributed by atoms with Gasteiger partial charge in [-0.2, -0.15) is 22.0 Å². The third-order valence-electron chi connectivity index (χ3n) is 5.30. The molecule has 28 heavy (non-hydrogen) atoms. The van der Waals surface area contributed by atoms with E-state index in [1.165, 1.54) is 0 Å². The third kappa shape index (κ3) is 3.00. The summed E-state index contributed by atoms with van der Waals surface area (Å²) in [5.74, 6) is -15.6. The Morgan fingerprint density at radius 3 is 1.93 bits per heavy atom. The van der Waals surface area contributed by atoms with Crippen molar-refractivity contribution in [2.45, 2.75) is 26.4 Å². The molecule has 2 unspecified atom stereocenters. The van der Waals surface area contributed by atoms with E-state index in [-0.39, 0.29) is 6.08 Å². The number of carbonyl (C=O) groups is 1. The van der Waals surface area contributed by atoms with Crippen LogP contribution >= 0.6 is 0 Å². The minimum Gasteiger partial charge on any atom is -0.549 e. The fourth-order valence-corrected chi connectivity index (χ4v) is 3.56. The van der Waals surface area contributed by atoms with Crippen molar-refractivity contribution in [2.75, 3.05) is 7.11 Å². The minimum atomic E-state index is -5.41. The molecule has 3 nitrogen and oxygen atoms in total. The average molecular weight is 417 g/mol. The molecule has 1 aromatic carbocycles. The lowest BCUT2D eigenvalue weighted by atomic mass is 9.87. The molecule has 156 valence electrons. The number of benzene rings is 1. The molecule has 0 aromatic heterocycles. The third-order valence-corrected chi connectivity index (χ3v) is 5.30. The molecule has 0 aliphatic heterocycles. The number of hydrogen-bond donors (Lipinski definition) is 0. The summed E-state index contributed by atoms with van der Waals surface area (Å²) < 4.78 is 111.